The van der Waals surface area contributed by atoms with Crippen molar-refractivity contribution in [2.75, 3.05) is 5.32 Å². The molecule has 2 fully saturated rings. The summed E-state index contributed by atoms with van der Waals surface area (Å²) < 4.78 is 5.73. The lowest BCUT2D eigenvalue weighted by atomic mass is 10.00. The predicted octanol–water partition coefficient (Wildman–Crippen LogP) is 3.16. The van der Waals surface area contributed by atoms with Crippen molar-refractivity contribution in [3.63, 3.8) is 0 Å². The molecule has 5 heteroatoms. The molecule has 22 heavy (non-hydrogen) atoms. The molecule has 116 valence electrons. The second-order valence-electron chi connectivity index (χ2n) is 6.62. The van der Waals surface area contributed by atoms with E-state index in [9.17, 15) is 4.79 Å². The van der Waals surface area contributed by atoms with Crippen LogP contribution in [0, 0.1) is 5.92 Å². The summed E-state index contributed by atoms with van der Waals surface area (Å²) >= 11 is 0. The number of nitrogens with two attached hydrogens (primary N) is 1. The fourth-order valence-electron chi connectivity index (χ4n) is 3.30. The third kappa shape index (κ3) is 2.73. The summed E-state index contributed by atoms with van der Waals surface area (Å²) in [4.78, 5) is 16.7. The molecule has 2 atom stereocenters. The van der Waals surface area contributed by atoms with Gasteiger partial charge in [0.1, 0.15) is 5.52 Å². The molecule has 2 aliphatic rings. The van der Waals surface area contributed by atoms with Crippen LogP contribution in [0.15, 0.2) is 22.6 Å². The Morgan fingerprint density at radius 1 is 1.32 bits per heavy atom. The highest BCUT2D eigenvalue weighted by molar-refractivity contribution is 5.93. The molecule has 2 aromatic rings. The SMILES string of the molecule is N[C@@H]1CCC[C@H]1CC(=O)Nc1ccc2oc(C3CC3)nc2c1. The van der Waals surface area contributed by atoms with Gasteiger partial charge in [-0.05, 0) is 49.8 Å². The van der Waals surface area contributed by atoms with Gasteiger partial charge in [0, 0.05) is 24.1 Å². The maximum Gasteiger partial charge on any atom is 0.224 e. The number of nitrogens with one attached hydrogen (secondary N) is 1. The Morgan fingerprint density at radius 2 is 2.18 bits per heavy atom. The van der Waals surface area contributed by atoms with Crippen LogP contribution in [0.2, 0.25) is 0 Å². The molecule has 0 spiro atoms. The number of amides is 1. The second-order valence-corrected chi connectivity index (χ2v) is 6.62. The number of aromatic nitrogens is 1. The fraction of sp³-hybridized carbons (Fsp3) is 0.529. The number of carbonyl (C=O) groups excluding carboxylic acids is 1. The standard InChI is InChI=1S/C17H21N3O2/c18-13-3-1-2-11(13)8-16(21)19-12-6-7-15-14(9-12)20-17(22-15)10-4-5-10/h6-7,9-11,13H,1-5,8,18H2,(H,19,21)/t11-,13+/m0/s1. The monoisotopic (exact) mass is 299 g/mol. The van der Waals surface area contributed by atoms with Gasteiger partial charge in [0.05, 0.1) is 0 Å². The van der Waals surface area contributed by atoms with E-state index < -0.39 is 0 Å². The van der Waals surface area contributed by atoms with Gasteiger partial charge in [-0.25, -0.2) is 4.98 Å². The van der Waals surface area contributed by atoms with Crippen LogP contribution >= 0.6 is 0 Å². The molecule has 2 aliphatic carbocycles. The van der Waals surface area contributed by atoms with Crippen LogP contribution in [0.3, 0.4) is 0 Å². The highest BCUT2D eigenvalue weighted by Gasteiger charge is 2.29. The van der Waals surface area contributed by atoms with Crippen LogP contribution in [0.4, 0.5) is 5.69 Å². The molecule has 5 nitrogen and oxygen atoms in total. The van der Waals surface area contributed by atoms with Crippen molar-refractivity contribution < 1.29 is 9.21 Å². The van der Waals surface area contributed by atoms with Crippen LogP contribution in [-0.2, 0) is 4.79 Å². The Labute approximate surface area is 129 Å². The van der Waals surface area contributed by atoms with Crippen molar-refractivity contribution in [3.8, 4) is 0 Å². The predicted molar refractivity (Wildman–Crippen MR) is 84.5 cm³/mol. The maximum atomic E-state index is 12.2. The van der Waals surface area contributed by atoms with E-state index in [0.29, 0.717) is 18.3 Å². The summed E-state index contributed by atoms with van der Waals surface area (Å²) in [6.07, 6.45) is 6.06. The molecule has 0 unspecified atom stereocenters. The largest absolute Gasteiger partial charge is 0.440 e. The van der Waals surface area contributed by atoms with Gasteiger partial charge >= 0.3 is 0 Å². The Kier molecular flexibility index (Phi) is 3.37. The van der Waals surface area contributed by atoms with E-state index in [-0.39, 0.29) is 11.9 Å². The zero-order valence-corrected chi connectivity index (χ0v) is 12.5. The second kappa shape index (κ2) is 5.39. The van der Waals surface area contributed by atoms with Gasteiger partial charge in [-0.3, -0.25) is 4.79 Å². The van der Waals surface area contributed by atoms with Crippen LogP contribution in [0.25, 0.3) is 11.1 Å². The highest BCUT2D eigenvalue weighted by Crippen LogP contribution is 2.40. The minimum Gasteiger partial charge on any atom is -0.440 e. The first-order chi connectivity index (χ1) is 10.7. The molecule has 1 amide bonds. The molecule has 3 N–H and O–H groups in total. The lowest BCUT2D eigenvalue weighted by molar-refractivity contribution is -0.117. The summed E-state index contributed by atoms with van der Waals surface area (Å²) in [6, 6.07) is 5.81. The molecule has 1 heterocycles. The van der Waals surface area contributed by atoms with Crippen LogP contribution < -0.4 is 11.1 Å². The molecule has 0 saturated heterocycles. The van der Waals surface area contributed by atoms with Gasteiger partial charge < -0.3 is 15.5 Å². The van der Waals surface area contributed by atoms with Crippen molar-refractivity contribution in [1.29, 1.82) is 0 Å². The molecule has 1 aromatic heterocycles. The molecule has 0 bridgehead atoms. The number of rotatable bonds is 4. The van der Waals surface area contributed by atoms with Gasteiger partial charge in [0.15, 0.2) is 11.5 Å². The van der Waals surface area contributed by atoms with Gasteiger partial charge in [-0.2, -0.15) is 0 Å². The van der Waals surface area contributed by atoms with E-state index in [1.807, 2.05) is 18.2 Å². The highest BCUT2D eigenvalue weighted by atomic mass is 16.3. The van der Waals surface area contributed by atoms with Crippen molar-refractivity contribution in [1.82, 2.24) is 4.98 Å². The molecule has 4 rings (SSSR count). The molecular formula is C17H21N3O2. The van der Waals surface area contributed by atoms with E-state index in [0.717, 1.165) is 54.8 Å². The zero-order valence-electron chi connectivity index (χ0n) is 12.5. The van der Waals surface area contributed by atoms with Gasteiger partial charge in [0.25, 0.3) is 0 Å². The maximum absolute atomic E-state index is 12.2. The number of benzene rings is 1. The van der Waals surface area contributed by atoms with Crippen molar-refractivity contribution >= 4 is 22.7 Å². The summed E-state index contributed by atoms with van der Waals surface area (Å²) in [6.45, 7) is 0. The Bertz CT molecular complexity index is 705. The number of oxazole rings is 1. The molecule has 0 radical (unpaired) electrons. The summed E-state index contributed by atoms with van der Waals surface area (Å²) in [5, 5.41) is 2.96. The van der Waals surface area contributed by atoms with E-state index in [1.54, 1.807) is 0 Å². The van der Waals surface area contributed by atoms with E-state index in [1.165, 1.54) is 0 Å². The first-order valence-electron chi connectivity index (χ1n) is 8.15. The normalized spacial score (nSPS) is 24.8. The first-order valence-corrected chi connectivity index (χ1v) is 8.15. The average molecular weight is 299 g/mol. The number of hydrogen-bond acceptors (Lipinski definition) is 4. The number of nitrogens with zero attached hydrogens (tertiary/aromatic N) is 1. The lowest BCUT2D eigenvalue weighted by Crippen LogP contribution is -2.28. The van der Waals surface area contributed by atoms with Gasteiger partial charge in [0.2, 0.25) is 5.91 Å². The van der Waals surface area contributed by atoms with Crippen LogP contribution in [0.1, 0.15) is 50.3 Å². The first kappa shape index (κ1) is 13.8. The topological polar surface area (TPSA) is 81.2 Å². The van der Waals surface area contributed by atoms with Gasteiger partial charge in [-0.15, -0.1) is 0 Å². The number of hydrogen-bond donors (Lipinski definition) is 2. The van der Waals surface area contributed by atoms with Crippen molar-refractivity contribution in [2.45, 2.75) is 50.5 Å². The summed E-state index contributed by atoms with van der Waals surface area (Å²) in [7, 11) is 0. The Hall–Kier alpha value is -1.88. The smallest absolute Gasteiger partial charge is 0.224 e. The molecular weight excluding hydrogens is 278 g/mol. The van der Waals surface area contributed by atoms with E-state index >= 15 is 0 Å². The Morgan fingerprint density at radius 3 is 2.91 bits per heavy atom. The zero-order chi connectivity index (χ0) is 15.1. The molecule has 2 saturated carbocycles. The summed E-state index contributed by atoms with van der Waals surface area (Å²) in [5.41, 5.74) is 8.41. The van der Waals surface area contributed by atoms with Crippen LogP contribution in [-0.4, -0.2) is 16.9 Å². The third-order valence-corrected chi connectivity index (χ3v) is 4.78. The van der Waals surface area contributed by atoms with Crippen LogP contribution in [0.5, 0.6) is 0 Å². The van der Waals surface area contributed by atoms with Gasteiger partial charge in [-0.1, -0.05) is 6.42 Å². The quantitative estimate of drug-likeness (QED) is 0.908. The van der Waals surface area contributed by atoms with Crippen molar-refractivity contribution in [3.05, 3.63) is 24.1 Å². The average Bonchev–Trinajstić information content (AvgIpc) is 3.14. The lowest BCUT2D eigenvalue weighted by Gasteiger charge is -2.14. The molecule has 0 aliphatic heterocycles. The molecule has 1 aromatic carbocycles. The minimum atomic E-state index is 0.0348. The third-order valence-electron chi connectivity index (χ3n) is 4.78. The van der Waals surface area contributed by atoms with Crippen molar-refractivity contribution in [2.24, 2.45) is 11.7 Å². The Balaban J connectivity index is 1.45. The van der Waals surface area contributed by atoms with E-state index in [4.69, 9.17) is 10.2 Å². The summed E-state index contributed by atoms with van der Waals surface area (Å²) in [5.74, 6) is 1.68. The minimum absolute atomic E-state index is 0.0348. The number of carbonyl (C=O) groups is 1. The number of anilines is 1. The number of fused-ring (bicyclic) bond motifs is 1. The fourth-order valence-corrected chi connectivity index (χ4v) is 3.30. The van der Waals surface area contributed by atoms with E-state index in [2.05, 4.69) is 10.3 Å².